The second kappa shape index (κ2) is 8.75. The number of nitrogens with zero attached hydrogens (tertiary/aromatic N) is 2. The minimum Gasteiger partial charge on any atom is -0.482 e. The summed E-state index contributed by atoms with van der Waals surface area (Å²) >= 11 is 1.17. The van der Waals surface area contributed by atoms with Crippen molar-refractivity contribution in [3.8, 4) is 11.8 Å². The maximum atomic E-state index is 12.8. The highest BCUT2D eigenvalue weighted by Crippen LogP contribution is 2.30. The zero-order chi connectivity index (χ0) is 20.9. The van der Waals surface area contributed by atoms with Crippen LogP contribution in [0.1, 0.15) is 21.6 Å². The molecule has 0 fully saturated rings. The number of para-hydroxylation sites is 1. The highest BCUT2D eigenvalue weighted by Gasteiger charge is 2.30. The maximum absolute atomic E-state index is 12.8. The number of carbonyl (C=O) groups excluding carboxylic acids is 1. The zero-order valence-corrected chi connectivity index (χ0v) is 15.7. The van der Waals surface area contributed by atoms with Crippen molar-refractivity contribution in [2.75, 3.05) is 11.9 Å². The summed E-state index contributed by atoms with van der Waals surface area (Å²) in [4.78, 5) is 16.8. The Balaban J connectivity index is 1.58. The Hall–Kier alpha value is -3.38. The predicted octanol–water partition coefficient (Wildman–Crippen LogP) is 4.64. The summed E-state index contributed by atoms with van der Waals surface area (Å²) in [6, 6.07) is 13.6. The number of halogens is 3. The normalized spacial score (nSPS) is 11.0. The SMILES string of the molecule is N#Cc1ccccc1OCC(=O)Nc1ncc(Cc2cccc(C(F)(F)F)c2)s1. The number of hydrogen-bond donors (Lipinski definition) is 1. The van der Waals surface area contributed by atoms with Gasteiger partial charge in [-0.25, -0.2) is 4.98 Å². The number of thiazole rings is 1. The van der Waals surface area contributed by atoms with Crippen molar-refractivity contribution >= 4 is 22.4 Å². The summed E-state index contributed by atoms with van der Waals surface area (Å²) < 4.78 is 43.8. The Kier molecular flexibility index (Phi) is 6.14. The smallest absolute Gasteiger partial charge is 0.416 e. The first-order valence-electron chi connectivity index (χ1n) is 8.38. The average Bonchev–Trinajstić information content (AvgIpc) is 3.12. The van der Waals surface area contributed by atoms with Crippen LogP contribution in [0.25, 0.3) is 0 Å². The van der Waals surface area contributed by atoms with Gasteiger partial charge in [0.2, 0.25) is 0 Å². The van der Waals surface area contributed by atoms with Crippen LogP contribution in [0.2, 0.25) is 0 Å². The number of alkyl halides is 3. The van der Waals surface area contributed by atoms with Gasteiger partial charge in [-0.1, -0.05) is 30.3 Å². The quantitative estimate of drug-likeness (QED) is 0.634. The van der Waals surface area contributed by atoms with E-state index in [1.54, 1.807) is 30.3 Å². The summed E-state index contributed by atoms with van der Waals surface area (Å²) in [7, 11) is 0. The van der Waals surface area contributed by atoms with E-state index in [2.05, 4.69) is 10.3 Å². The molecular formula is C20H14F3N3O2S. The molecule has 0 radical (unpaired) electrons. The molecule has 0 saturated heterocycles. The Morgan fingerprint density at radius 1 is 1.21 bits per heavy atom. The van der Waals surface area contributed by atoms with E-state index in [1.165, 1.54) is 23.6 Å². The molecule has 0 saturated carbocycles. The molecule has 9 heteroatoms. The molecule has 1 aromatic heterocycles. The van der Waals surface area contributed by atoms with Crippen molar-refractivity contribution in [2.24, 2.45) is 0 Å². The van der Waals surface area contributed by atoms with Gasteiger partial charge in [-0.2, -0.15) is 18.4 Å². The van der Waals surface area contributed by atoms with Crippen LogP contribution >= 0.6 is 11.3 Å². The molecule has 1 amide bonds. The number of carbonyl (C=O) groups is 1. The fourth-order valence-corrected chi connectivity index (χ4v) is 3.35. The second-order valence-corrected chi connectivity index (χ2v) is 7.07. The van der Waals surface area contributed by atoms with Crippen molar-refractivity contribution in [1.29, 1.82) is 5.26 Å². The van der Waals surface area contributed by atoms with E-state index < -0.39 is 17.6 Å². The summed E-state index contributed by atoms with van der Waals surface area (Å²) in [5, 5.41) is 11.9. The molecule has 1 N–H and O–H groups in total. The van der Waals surface area contributed by atoms with Crippen molar-refractivity contribution in [1.82, 2.24) is 4.98 Å². The van der Waals surface area contributed by atoms with Crippen LogP contribution in [0.5, 0.6) is 5.75 Å². The van der Waals surface area contributed by atoms with Gasteiger partial charge >= 0.3 is 6.18 Å². The van der Waals surface area contributed by atoms with Crippen LogP contribution in [-0.4, -0.2) is 17.5 Å². The van der Waals surface area contributed by atoms with Gasteiger partial charge in [0, 0.05) is 17.5 Å². The molecule has 0 unspecified atom stereocenters. The largest absolute Gasteiger partial charge is 0.482 e. The van der Waals surface area contributed by atoms with Crippen LogP contribution in [-0.2, 0) is 17.4 Å². The third kappa shape index (κ3) is 5.56. The number of benzene rings is 2. The summed E-state index contributed by atoms with van der Waals surface area (Å²) in [6.45, 7) is -0.304. The molecule has 3 aromatic rings. The molecule has 0 atom stereocenters. The maximum Gasteiger partial charge on any atom is 0.416 e. The van der Waals surface area contributed by atoms with E-state index in [0.717, 1.165) is 12.1 Å². The van der Waals surface area contributed by atoms with E-state index in [0.29, 0.717) is 26.9 Å². The van der Waals surface area contributed by atoms with Crippen LogP contribution in [0, 0.1) is 11.3 Å². The molecular weight excluding hydrogens is 403 g/mol. The van der Waals surface area contributed by atoms with Gasteiger partial charge in [0.25, 0.3) is 5.91 Å². The van der Waals surface area contributed by atoms with E-state index in [-0.39, 0.29) is 13.0 Å². The first kappa shape index (κ1) is 20.4. The lowest BCUT2D eigenvalue weighted by Crippen LogP contribution is -2.20. The molecule has 1 heterocycles. The lowest BCUT2D eigenvalue weighted by atomic mass is 10.1. The van der Waals surface area contributed by atoms with Crippen LogP contribution in [0.3, 0.4) is 0 Å². The van der Waals surface area contributed by atoms with Crippen LogP contribution < -0.4 is 10.1 Å². The molecule has 0 aliphatic carbocycles. The molecule has 0 aliphatic rings. The standard InChI is InChI=1S/C20H14F3N3O2S/c21-20(22,23)15-6-3-4-13(8-15)9-16-11-25-19(29-16)26-18(27)12-28-17-7-2-1-5-14(17)10-24/h1-8,11H,9,12H2,(H,25,26,27). The summed E-state index contributed by atoms with van der Waals surface area (Å²) in [5.41, 5.74) is 0.110. The van der Waals surface area contributed by atoms with Gasteiger partial charge in [-0.15, -0.1) is 11.3 Å². The van der Waals surface area contributed by atoms with Gasteiger partial charge in [-0.05, 0) is 23.8 Å². The van der Waals surface area contributed by atoms with E-state index in [1.807, 2.05) is 6.07 Å². The molecule has 0 bridgehead atoms. The Labute approximate surface area is 168 Å². The summed E-state index contributed by atoms with van der Waals surface area (Å²) in [6.07, 6.45) is -2.62. The van der Waals surface area contributed by atoms with Crippen molar-refractivity contribution in [3.63, 3.8) is 0 Å². The van der Waals surface area contributed by atoms with Gasteiger partial charge in [0.1, 0.15) is 11.8 Å². The Bertz CT molecular complexity index is 1060. The number of rotatable bonds is 6. The fraction of sp³-hybridized carbons (Fsp3) is 0.150. The van der Waals surface area contributed by atoms with Gasteiger partial charge in [-0.3, -0.25) is 10.1 Å². The number of nitrogens with one attached hydrogen (secondary N) is 1. The third-order valence-electron chi connectivity index (χ3n) is 3.80. The first-order chi connectivity index (χ1) is 13.8. The van der Waals surface area contributed by atoms with Crippen LogP contribution in [0.4, 0.5) is 18.3 Å². The number of ether oxygens (including phenoxy) is 1. The van der Waals surface area contributed by atoms with Gasteiger partial charge < -0.3 is 4.74 Å². The van der Waals surface area contributed by atoms with E-state index >= 15 is 0 Å². The number of hydrogen-bond acceptors (Lipinski definition) is 5. The predicted molar refractivity (Wildman–Crippen MR) is 102 cm³/mol. The van der Waals surface area contributed by atoms with Gasteiger partial charge in [0.05, 0.1) is 11.1 Å². The molecule has 0 aliphatic heterocycles. The van der Waals surface area contributed by atoms with E-state index in [4.69, 9.17) is 10.00 Å². The van der Waals surface area contributed by atoms with Crippen molar-refractivity contribution in [3.05, 3.63) is 76.3 Å². The third-order valence-corrected chi connectivity index (χ3v) is 4.71. The second-order valence-electron chi connectivity index (χ2n) is 5.95. The molecule has 29 heavy (non-hydrogen) atoms. The average molecular weight is 417 g/mol. The fourth-order valence-electron chi connectivity index (χ4n) is 2.49. The molecule has 0 spiro atoms. The Morgan fingerprint density at radius 3 is 2.76 bits per heavy atom. The number of aromatic nitrogens is 1. The molecule has 148 valence electrons. The number of nitriles is 1. The zero-order valence-electron chi connectivity index (χ0n) is 14.9. The monoisotopic (exact) mass is 417 g/mol. The lowest BCUT2D eigenvalue weighted by Gasteiger charge is -2.08. The van der Waals surface area contributed by atoms with Crippen LogP contribution in [0.15, 0.2) is 54.7 Å². The highest BCUT2D eigenvalue weighted by atomic mass is 32.1. The van der Waals surface area contributed by atoms with E-state index in [9.17, 15) is 18.0 Å². The minimum atomic E-state index is -4.40. The molecule has 3 rings (SSSR count). The highest BCUT2D eigenvalue weighted by molar-refractivity contribution is 7.15. The van der Waals surface area contributed by atoms with Gasteiger partial charge in [0.15, 0.2) is 11.7 Å². The topological polar surface area (TPSA) is 75.0 Å². The molecule has 2 aromatic carbocycles. The minimum absolute atomic E-state index is 0.267. The number of anilines is 1. The summed E-state index contributed by atoms with van der Waals surface area (Å²) in [5.74, 6) is -0.160. The lowest BCUT2D eigenvalue weighted by molar-refractivity contribution is -0.137. The number of amides is 1. The Morgan fingerprint density at radius 2 is 2.00 bits per heavy atom. The van der Waals surface area contributed by atoms with Crippen molar-refractivity contribution < 1.29 is 22.7 Å². The first-order valence-corrected chi connectivity index (χ1v) is 9.19. The molecule has 5 nitrogen and oxygen atoms in total. The van der Waals surface area contributed by atoms with Crippen molar-refractivity contribution in [2.45, 2.75) is 12.6 Å².